The van der Waals surface area contributed by atoms with Gasteiger partial charge in [-0.3, -0.25) is 0 Å². The van der Waals surface area contributed by atoms with E-state index in [4.69, 9.17) is 4.74 Å². The topological polar surface area (TPSA) is 9.23 Å². The monoisotopic (exact) mass is 184 g/mol. The molecule has 0 saturated carbocycles. The smallest absolute Gasteiger partial charge is 0.0784 e. The fourth-order valence-electron chi connectivity index (χ4n) is 1.38. The number of allylic oxidation sites excluding steroid dienone is 1. The van der Waals surface area contributed by atoms with Gasteiger partial charge >= 0.3 is 0 Å². The summed E-state index contributed by atoms with van der Waals surface area (Å²) in [6, 6.07) is 0. The van der Waals surface area contributed by atoms with Gasteiger partial charge in [0.2, 0.25) is 0 Å². The Kier molecular flexibility index (Phi) is 11.1. The van der Waals surface area contributed by atoms with Crippen molar-refractivity contribution in [2.24, 2.45) is 0 Å². The highest BCUT2D eigenvalue weighted by Gasteiger charge is 1.88. The molecule has 0 saturated heterocycles. The third kappa shape index (κ3) is 11.5. The van der Waals surface area contributed by atoms with Crippen molar-refractivity contribution in [3.05, 3.63) is 12.3 Å². The van der Waals surface area contributed by atoms with E-state index in [1.54, 1.807) is 13.4 Å². The highest BCUT2D eigenvalue weighted by Crippen LogP contribution is 2.08. The van der Waals surface area contributed by atoms with Crippen molar-refractivity contribution >= 4 is 0 Å². The summed E-state index contributed by atoms with van der Waals surface area (Å²) in [6.45, 7) is 2.26. The summed E-state index contributed by atoms with van der Waals surface area (Å²) >= 11 is 0. The first-order valence-corrected chi connectivity index (χ1v) is 5.59. The third-order valence-electron chi connectivity index (χ3n) is 2.21. The van der Waals surface area contributed by atoms with Crippen LogP contribution in [0, 0.1) is 0 Å². The Bertz CT molecular complexity index is 108. The molecule has 78 valence electrons. The Morgan fingerprint density at radius 1 is 0.923 bits per heavy atom. The zero-order chi connectivity index (χ0) is 9.78. The fourth-order valence-corrected chi connectivity index (χ4v) is 1.38. The van der Waals surface area contributed by atoms with Gasteiger partial charge in [-0.25, -0.2) is 0 Å². The summed E-state index contributed by atoms with van der Waals surface area (Å²) in [5.41, 5.74) is 0. The van der Waals surface area contributed by atoms with Gasteiger partial charge in [-0.15, -0.1) is 0 Å². The Hall–Kier alpha value is -0.460. The molecule has 0 aliphatic carbocycles. The van der Waals surface area contributed by atoms with Gasteiger partial charge in [0.25, 0.3) is 0 Å². The van der Waals surface area contributed by atoms with Crippen molar-refractivity contribution in [2.75, 3.05) is 7.11 Å². The van der Waals surface area contributed by atoms with E-state index in [9.17, 15) is 0 Å². The summed E-state index contributed by atoms with van der Waals surface area (Å²) in [4.78, 5) is 0. The van der Waals surface area contributed by atoms with E-state index in [0.29, 0.717) is 0 Å². The van der Waals surface area contributed by atoms with Gasteiger partial charge in [0.15, 0.2) is 0 Å². The Morgan fingerprint density at radius 3 is 2.15 bits per heavy atom. The van der Waals surface area contributed by atoms with Crippen LogP contribution in [0.15, 0.2) is 12.3 Å². The first-order chi connectivity index (χ1) is 6.41. The molecule has 0 atom stereocenters. The van der Waals surface area contributed by atoms with E-state index in [1.807, 2.05) is 0 Å². The van der Waals surface area contributed by atoms with Gasteiger partial charge in [-0.05, 0) is 18.9 Å². The molecule has 0 aromatic rings. The minimum Gasteiger partial charge on any atom is -0.505 e. The number of methoxy groups -OCH3 is 1. The normalized spacial score (nSPS) is 10.9. The molecule has 0 bridgehead atoms. The van der Waals surface area contributed by atoms with Crippen LogP contribution < -0.4 is 0 Å². The third-order valence-corrected chi connectivity index (χ3v) is 2.21. The molecular weight excluding hydrogens is 160 g/mol. The minimum atomic E-state index is 1.17. The largest absolute Gasteiger partial charge is 0.505 e. The zero-order valence-corrected chi connectivity index (χ0v) is 9.22. The second-order valence-electron chi connectivity index (χ2n) is 3.52. The number of hydrogen-bond donors (Lipinski definition) is 0. The molecule has 0 fully saturated rings. The van der Waals surface area contributed by atoms with E-state index in [0.717, 1.165) is 0 Å². The predicted octanol–water partition coefficient (Wildman–Crippen LogP) is 4.29. The average Bonchev–Trinajstić information content (AvgIpc) is 2.16. The molecule has 13 heavy (non-hydrogen) atoms. The van der Waals surface area contributed by atoms with Crippen LogP contribution >= 0.6 is 0 Å². The SMILES string of the molecule is CCCCCCCCCC=COC. The maximum absolute atomic E-state index is 4.82. The molecule has 0 unspecified atom stereocenters. The van der Waals surface area contributed by atoms with Crippen LogP contribution in [0.4, 0.5) is 0 Å². The van der Waals surface area contributed by atoms with Crippen LogP contribution in [0.3, 0.4) is 0 Å². The van der Waals surface area contributed by atoms with E-state index >= 15 is 0 Å². The van der Waals surface area contributed by atoms with E-state index < -0.39 is 0 Å². The molecular formula is C12H24O. The molecule has 0 heterocycles. The number of ether oxygens (including phenoxy) is 1. The number of rotatable bonds is 9. The molecule has 0 aliphatic rings. The lowest BCUT2D eigenvalue weighted by Gasteiger charge is -1.98. The van der Waals surface area contributed by atoms with Gasteiger partial charge in [0.05, 0.1) is 13.4 Å². The summed E-state index contributed by atoms with van der Waals surface area (Å²) in [7, 11) is 1.70. The highest BCUT2D eigenvalue weighted by atomic mass is 16.5. The van der Waals surface area contributed by atoms with Crippen LogP contribution in [-0.4, -0.2) is 7.11 Å². The number of hydrogen-bond acceptors (Lipinski definition) is 1. The van der Waals surface area contributed by atoms with Crippen molar-refractivity contribution in [1.82, 2.24) is 0 Å². The van der Waals surface area contributed by atoms with Gasteiger partial charge in [-0.1, -0.05) is 45.4 Å². The predicted molar refractivity (Wildman–Crippen MR) is 58.8 cm³/mol. The quantitative estimate of drug-likeness (QED) is 0.384. The van der Waals surface area contributed by atoms with Crippen LogP contribution in [0.2, 0.25) is 0 Å². The Morgan fingerprint density at radius 2 is 1.54 bits per heavy atom. The highest BCUT2D eigenvalue weighted by molar-refractivity contribution is 4.72. The zero-order valence-electron chi connectivity index (χ0n) is 9.22. The van der Waals surface area contributed by atoms with Gasteiger partial charge in [0, 0.05) is 0 Å². The standard InChI is InChI=1S/C12H24O/c1-3-4-5-6-7-8-9-10-11-12-13-2/h11-12H,3-10H2,1-2H3. The lowest BCUT2D eigenvalue weighted by molar-refractivity contribution is 0.336. The maximum Gasteiger partial charge on any atom is 0.0784 e. The van der Waals surface area contributed by atoms with Crippen molar-refractivity contribution in [3.63, 3.8) is 0 Å². The lowest BCUT2D eigenvalue weighted by atomic mass is 10.1. The Balaban J connectivity index is 2.87. The second kappa shape index (κ2) is 11.5. The molecule has 1 nitrogen and oxygen atoms in total. The molecule has 0 radical (unpaired) electrons. The van der Waals surface area contributed by atoms with E-state index in [1.165, 1.54) is 51.4 Å². The van der Waals surface area contributed by atoms with Crippen molar-refractivity contribution in [2.45, 2.75) is 58.3 Å². The first kappa shape index (κ1) is 12.5. The maximum atomic E-state index is 4.82. The van der Waals surface area contributed by atoms with Crippen molar-refractivity contribution < 1.29 is 4.74 Å². The summed E-state index contributed by atoms with van der Waals surface area (Å²) in [5.74, 6) is 0. The van der Waals surface area contributed by atoms with Crippen LogP contribution in [-0.2, 0) is 4.74 Å². The van der Waals surface area contributed by atoms with Crippen LogP contribution in [0.1, 0.15) is 58.3 Å². The molecule has 0 aromatic carbocycles. The molecule has 0 amide bonds. The summed E-state index contributed by atoms with van der Waals surface area (Å²) in [6.07, 6.45) is 14.7. The minimum absolute atomic E-state index is 1.17. The first-order valence-electron chi connectivity index (χ1n) is 5.59. The molecule has 0 aromatic heterocycles. The van der Waals surface area contributed by atoms with Crippen molar-refractivity contribution in [1.29, 1.82) is 0 Å². The van der Waals surface area contributed by atoms with Gasteiger partial charge in [-0.2, -0.15) is 0 Å². The lowest BCUT2D eigenvalue weighted by Crippen LogP contribution is -1.79. The number of unbranched alkanes of at least 4 members (excludes halogenated alkanes) is 7. The van der Waals surface area contributed by atoms with Crippen molar-refractivity contribution in [3.8, 4) is 0 Å². The van der Waals surface area contributed by atoms with E-state index in [2.05, 4.69) is 13.0 Å². The Labute approximate surface area is 83.2 Å². The van der Waals surface area contributed by atoms with Crippen LogP contribution in [0.25, 0.3) is 0 Å². The second-order valence-corrected chi connectivity index (χ2v) is 3.52. The summed E-state index contributed by atoms with van der Waals surface area (Å²) < 4.78 is 4.82. The molecule has 0 rings (SSSR count). The summed E-state index contributed by atoms with van der Waals surface area (Å²) in [5, 5.41) is 0. The van der Waals surface area contributed by atoms with Gasteiger partial charge < -0.3 is 4.74 Å². The van der Waals surface area contributed by atoms with Gasteiger partial charge in [0.1, 0.15) is 0 Å². The fraction of sp³-hybridized carbons (Fsp3) is 0.833. The van der Waals surface area contributed by atoms with E-state index in [-0.39, 0.29) is 0 Å². The molecule has 0 spiro atoms. The molecule has 1 heteroatoms. The average molecular weight is 184 g/mol. The van der Waals surface area contributed by atoms with Crippen LogP contribution in [0.5, 0.6) is 0 Å². The molecule has 0 aliphatic heterocycles. The molecule has 0 N–H and O–H groups in total.